The minimum absolute atomic E-state index is 0.672. The molecule has 2 rings (SSSR count). The van der Waals surface area contributed by atoms with E-state index in [2.05, 4.69) is 9.88 Å². The minimum atomic E-state index is 0.672. The third-order valence-corrected chi connectivity index (χ3v) is 2.57. The Balaban J connectivity index is 2.05. The summed E-state index contributed by atoms with van der Waals surface area (Å²) >= 11 is 5.76. The fourth-order valence-corrected chi connectivity index (χ4v) is 1.62. The lowest BCUT2D eigenvalue weighted by Crippen LogP contribution is -2.49. The maximum Gasteiger partial charge on any atom is 0.128 e. The van der Waals surface area contributed by atoms with Crippen LogP contribution < -0.4 is 10.7 Å². The van der Waals surface area contributed by atoms with Crippen LogP contribution in [0.15, 0.2) is 18.3 Å². The van der Waals surface area contributed by atoms with E-state index >= 15 is 0 Å². The number of hydrazine groups is 1. The normalized spacial score (nSPS) is 18.6. The topological polar surface area (TPSA) is 45.4 Å². The van der Waals surface area contributed by atoms with Gasteiger partial charge in [0.1, 0.15) is 5.82 Å². The summed E-state index contributed by atoms with van der Waals surface area (Å²) in [5, 5.41) is 2.50. The summed E-state index contributed by atoms with van der Waals surface area (Å²) in [6.07, 6.45) is 1.67. The van der Waals surface area contributed by atoms with Gasteiger partial charge in [0, 0.05) is 32.4 Å². The number of aromatic nitrogens is 1. The Morgan fingerprint density at radius 3 is 2.50 bits per heavy atom. The molecule has 2 heterocycles. The molecule has 2 N–H and O–H groups in total. The number of nitrogens with two attached hydrogens (primary N) is 1. The van der Waals surface area contributed by atoms with E-state index in [1.807, 2.05) is 17.1 Å². The average Bonchev–Trinajstić information content (AvgIpc) is 2.21. The van der Waals surface area contributed by atoms with Crippen LogP contribution in [0.1, 0.15) is 0 Å². The van der Waals surface area contributed by atoms with E-state index in [9.17, 15) is 0 Å². The lowest BCUT2D eigenvalue weighted by molar-refractivity contribution is 0.265. The van der Waals surface area contributed by atoms with Crippen LogP contribution in [0.25, 0.3) is 0 Å². The summed E-state index contributed by atoms with van der Waals surface area (Å²) in [7, 11) is 0. The SMILES string of the molecule is NN1CCN(c2ccc(Cl)cn2)CC1. The molecule has 0 aromatic carbocycles. The van der Waals surface area contributed by atoms with Crippen LogP contribution in [-0.4, -0.2) is 36.2 Å². The summed E-state index contributed by atoms with van der Waals surface area (Å²) in [6, 6.07) is 3.80. The van der Waals surface area contributed by atoms with Crippen molar-refractivity contribution < 1.29 is 0 Å². The molecule has 0 aliphatic carbocycles. The van der Waals surface area contributed by atoms with Gasteiger partial charge in [-0.05, 0) is 12.1 Å². The second kappa shape index (κ2) is 4.13. The first-order valence-electron chi connectivity index (χ1n) is 4.62. The third kappa shape index (κ3) is 2.15. The molecule has 1 saturated heterocycles. The summed E-state index contributed by atoms with van der Waals surface area (Å²) in [6.45, 7) is 3.60. The predicted octanol–water partition coefficient (Wildman–Crippen LogP) is 0.731. The summed E-state index contributed by atoms with van der Waals surface area (Å²) < 4.78 is 0. The number of anilines is 1. The lowest BCUT2D eigenvalue weighted by atomic mass is 10.3. The molecule has 1 fully saturated rings. The highest BCUT2D eigenvalue weighted by atomic mass is 35.5. The van der Waals surface area contributed by atoms with Gasteiger partial charge in [-0.25, -0.2) is 9.99 Å². The quantitative estimate of drug-likeness (QED) is 0.698. The van der Waals surface area contributed by atoms with Gasteiger partial charge in [0.05, 0.1) is 5.02 Å². The van der Waals surface area contributed by atoms with Crippen molar-refractivity contribution in [1.29, 1.82) is 0 Å². The van der Waals surface area contributed by atoms with Gasteiger partial charge in [-0.2, -0.15) is 0 Å². The van der Waals surface area contributed by atoms with E-state index in [-0.39, 0.29) is 0 Å². The molecule has 1 aliphatic heterocycles. The zero-order valence-corrected chi connectivity index (χ0v) is 8.61. The number of hydrogen-bond acceptors (Lipinski definition) is 4. The highest BCUT2D eigenvalue weighted by Crippen LogP contribution is 2.15. The summed E-state index contributed by atoms with van der Waals surface area (Å²) in [5.74, 6) is 6.64. The van der Waals surface area contributed by atoms with Crippen LogP contribution in [-0.2, 0) is 0 Å². The van der Waals surface area contributed by atoms with Crippen LogP contribution in [0.5, 0.6) is 0 Å². The van der Waals surface area contributed by atoms with Crippen molar-refractivity contribution in [3.63, 3.8) is 0 Å². The molecule has 1 aliphatic rings. The van der Waals surface area contributed by atoms with Gasteiger partial charge in [0.2, 0.25) is 0 Å². The first-order chi connectivity index (χ1) is 6.75. The van der Waals surface area contributed by atoms with Crippen molar-refractivity contribution >= 4 is 17.4 Å². The molecule has 0 spiro atoms. The standard InChI is InChI=1S/C9H13ClN4/c10-8-1-2-9(12-7-8)13-3-5-14(11)6-4-13/h1-2,7H,3-6,11H2. The molecule has 14 heavy (non-hydrogen) atoms. The minimum Gasteiger partial charge on any atom is -0.354 e. The third-order valence-electron chi connectivity index (χ3n) is 2.35. The van der Waals surface area contributed by atoms with Gasteiger partial charge < -0.3 is 4.90 Å². The van der Waals surface area contributed by atoms with Crippen LogP contribution in [0.2, 0.25) is 5.02 Å². The number of hydrogen-bond donors (Lipinski definition) is 1. The van der Waals surface area contributed by atoms with E-state index < -0.39 is 0 Å². The molecule has 1 aromatic heterocycles. The van der Waals surface area contributed by atoms with Gasteiger partial charge in [0.15, 0.2) is 0 Å². The Labute approximate surface area is 88.2 Å². The van der Waals surface area contributed by atoms with Crippen molar-refractivity contribution in [2.75, 3.05) is 31.1 Å². The number of rotatable bonds is 1. The maximum atomic E-state index is 5.76. The Kier molecular flexibility index (Phi) is 2.86. The van der Waals surface area contributed by atoms with Gasteiger partial charge in [0.25, 0.3) is 0 Å². The van der Waals surface area contributed by atoms with Gasteiger partial charge >= 0.3 is 0 Å². The zero-order chi connectivity index (χ0) is 9.97. The first kappa shape index (κ1) is 9.71. The van der Waals surface area contributed by atoms with Gasteiger partial charge in [-0.15, -0.1) is 0 Å². The average molecular weight is 213 g/mol. The highest BCUT2D eigenvalue weighted by molar-refractivity contribution is 6.30. The Hall–Kier alpha value is -0.840. The first-order valence-corrected chi connectivity index (χ1v) is 4.99. The van der Waals surface area contributed by atoms with E-state index in [1.54, 1.807) is 6.20 Å². The molecule has 1 aromatic rings. The number of nitrogens with zero attached hydrogens (tertiary/aromatic N) is 3. The maximum absolute atomic E-state index is 5.76. The predicted molar refractivity (Wildman–Crippen MR) is 57.2 cm³/mol. The molecule has 0 saturated carbocycles. The number of piperazine rings is 1. The van der Waals surface area contributed by atoms with Crippen LogP contribution in [0, 0.1) is 0 Å². The number of pyridine rings is 1. The van der Waals surface area contributed by atoms with Crippen LogP contribution >= 0.6 is 11.6 Å². The van der Waals surface area contributed by atoms with Gasteiger partial charge in [-0.1, -0.05) is 11.6 Å². The van der Waals surface area contributed by atoms with Crippen LogP contribution in [0.3, 0.4) is 0 Å². The molecule has 0 amide bonds. The zero-order valence-electron chi connectivity index (χ0n) is 7.86. The molecule has 5 heteroatoms. The smallest absolute Gasteiger partial charge is 0.128 e. The van der Waals surface area contributed by atoms with Crippen LogP contribution in [0.4, 0.5) is 5.82 Å². The number of halogens is 1. The summed E-state index contributed by atoms with van der Waals surface area (Å²) in [4.78, 5) is 6.47. The van der Waals surface area contributed by atoms with E-state index in [0.717, 1.165) is 32.0 Å². The molecule has 76 valence electrons. The van der Waals surface area contributed by atoms with E-state index in [0.29, 0.717) is 5.02 Å². The van der Waals surface area contributed by atoms with E-state index in [4.69, 9.17) is 17.4 Å². The lowest BCUT2D eigenvalue weighted by Gasteiger charge is -2.32. The van der Waals surface area contributed by atoms with Crippen molar-refractivity contribution in [2.45, 2.75) is 0 Å². The molecular weight excluding hydrogens is 200 g/mol. The monoisotopic (exact) mass is 212 g/mol. The molecule has 0 bridgehead atoms. The van der Waals surface area contributed by atoms with Crippen molar-refractivity contribution in [2.24, 2.45) is 5.84 Å². The Bertz CT molecular complexity index is 292. The molecular formula is C9H13ClN4. The summed E-state index contributed by atoms with van der Waals surface area (Å²) in [5.41, 5.74) is 0. The van der Waals surface area contributed by atoms with Crippen molar-refractivity contribution in [3.05, 3.63) is 23.4 Å². The fourth-order valence-electron chi connectivity index (χ4n) is 1.51. The Morgan fingerprint density at radius 1 is 1.21 bits per heavy atom. The Morgan fingerprint density at radius 2 is 1.93 bits per heavy atom. The molecule has 0 atom stereocenters. The molecule has 4 nitrogen and oxygen atoms in total. The largest absolute Gasteiger partial charge is 0.354 e. The highest BCUT2D eigenvalue weighted by Gasteiger charge is 2.14. The second-order valence-corrected chi connectivity index (χ2v) is 3.79. The van der Waals surface area contributed by atoms with Gasteiger partial charge in [-0.3, -0.25) is 5.84 Å². The molecule has 0 unspecified atom stereocenters. The van der Waals surface area contributed by atoms with Crippen molar-refractivity contribution in [3.8, 4) is 0 Å². The fraction of sp³-hybridized carbons (Fsp3) is 0.444. The van der Waals surface area contributed by atoms with E-state index in [1.165, 1.54) is 0 Å². The second-order valence-electron chi connectivity index (χ2n) is 3.36. The van der Waals surface area contributed by atoms with Crippen molar-refractivity contribution in [1.82, 2.24) is 9.99 Å². The molecule has 0 radical (unpaired) electrons.